The Bertz CT molecular complexity index is 6650. The first-order valence-corrected chi connectivity index (χ1v) is 33.4. The second kappa shape index (κ2) is 24.2. The quantitative estimate of drug-likeness (QED) is 0.137. The number of benzene rings is 11. The van der Waals surface area contributed by atoms with E-state index in [1.165, 1.54) is 10.8 Å². The Kier molecular flexibility index (Phi) is 14.0. The minimum atomic E-state index is 0.900. The summed E-state index contributed by atoms with van der Waals surface area (Å²) in [5.74, 6) is 0. The van der Waals surface area contributed by atoms with E-state index in [2.05, 4.69) is 279 Å². The summed E-state index contributed by atoms with van der Waals surface area (Å²) in [6, 6.07) is 104. The molecule has 0 aliphatic heterocycles. The van der Waals surface area contributed by atoms with E-state index in [4.69, 9.17) is 15.0 Å². The first-order valence-electron chi connectivity index (χ1n) is 33.4. The third-order valence-corrected chi connectivity index (χ3v) is 19.3. The highest BCUT2D eigenvalue weighted by molar-refractivity contribution is 6.11. The van der Waals surface area contributed by atoms with Crippen LogP contribution < -0.4 is 0 Å². The predicted octanol–water partition coefficient (Wildman–Crippen LogP) is 22.8. The summed E-state index contributed by atoms with van der Waals surface area (Å²) in [4.78, 5) is 43.3. The zero-order valence-electron chi connectivity index (χ0n) is 53.8. The highest BCUT2D eigenvalue weighted by atomic mass is 14.8. The molecule has 20 aromatic rings. The molecule has 0 saturated heterocycles. The largest absolute Gasteiger partial charge is 0.256 e. The SMILES string of the molecule is c1ccc2ncc(-c3ccc4ccc(-c5ccc6ccc(-c7ccc(-c8cc9cccnc9c9ncccc89)cc7)cc6n5)cc4n3)cc2c1.c1ccc2ncc(-c3ccc4ccc(-c5ccc6ccc(-c7ccc(-c8ccnc9c8ccc8cccnc89)cc7)cc6n5)cc4c3)cc2c1. The standard InChI is InChI=1S/C46H28N4.C45H27N5/c1-2-6-42-36(4-1)26-39(28-49-42)34-14-9-30-10-16-37(25-38(30)24-34)43-20-18-32-13-15-35(27-44(32)50-43)29-7-11-31(12-8-29)40-21-23-48-46-41(40)19-17-33-5-3-22-47-45(33)46;1-2-8-39-33(5-1)23-36(27-48-39)41-20-18-31-14-16-34(26-43(31)50-41)40-19-17-30-13-15-32(25-42(30)49-40)28-9-11-29(12-10-28)38-24-35-6-3-21-46-44(35)45-37(38)7-4-22-47-45/h1-28H;1-27H. The molecular formula is C91H55N9. The summed E-state index contributed by atoms with van der Waals surface area (Å²) in [5, 5.41) is 12.3. The van der Waals surface area contributed by atoms with Gasteiger partial charge in [-0.1, -0.05) is 194 Å². The minimum absolute atomic E-state index is 0.900. The van der Waals surface area contributed by atoms with Gasteiger partial charge in [0.1, 0.15) is 0 Å². The van der Waals surface area contributed by atoms with E-state index in [0.717, 1.165) is 188 Å². The fraction of sp³-hybridized carbons (Fsp3) is 0. The Morgan fingerprint density at radius 2 is 0.560 bits per heavy atom. The topological polar surface area (TPSA) is 116 Å². The van der Waals surface area contributed by atoms with Gasteiger partial charge in [-0.2, -0.15) is 0 Å². The fourth-order valence-corrected chi connectivity index (χ4v) is 14.1. The molecule has 100 heavy (non-hydrogen) atoms. The Hall–Kier alpha value is -13.6. The first kappa shape index (κ1) is 57.8. The molecule has 0 spiro atoms. The lowest BCUT2D eigenvalue weighted by Crippen LogP contribution is -1.90. The van der Waals surface area contributed by atoms with Crippen LogP contribution in [0.2, 0.25) is 0 Å². The van der Waals surface area contributed by atoms with Gasteiger partial charge in [-0.25, -0.2) is 15.0 Å². The molecule has 9 heteroatoms. The molecule has 9 aromatic heterocycles. The van der Waals surface area contributed by atoms with Gasteiger partial charge in [-0.15, -0.1) is 0 Å². The molecule has 0 atom stereocenters. The van der Waals surface area contributed by atoms with Crippen LogP contribution in [0.15, 0.2) is 334 Å². The molecule has 0 aliphatic carbocycles. The maximum Gasteiger partial charge on any atom is 0.0970 e. The van der Waals surface area contributed by atoms with E-state index in [-0.39, 0.29) is 0 Å². The molecule has 0 aliphatic rings. The van der Waals surface area contributed by atoms with E-state index >= 15 is 0 Å². The maximum absolute atomic E-state index is 5.15. The molecule has 20 rings (SSSR count). The first-order chi connectivity index (χ1) is 49.5. The monoisotopic (exact) mass is 1270 g/mol. The Labute approximate surface area is 574 Å². The van der Waals surface area contributed by atoms with Crippen molar-refractivity contribution in [3.63, 3.8) is 0 Å². The predicted molar refractivity (Wildman–Crippen MR) is 412 cm³/mol. The fourth-order valence-electron chi connectivity index (χ4n) is 14.1. The summed E-state index contributed by atoms with van der Waals surface area (Å²) < 4.78 is 0. The van der Waals surface area contributed by atoms with Gasteiger partial charge in [0.25, 0.3) is 0 Å². The molecule has 0 saturated carbocycles. The maximum atomic E-state index is 5.15. The van der Waals surface area contributed by atoms with Crippen LogP contribution in [0.1, 0.15) is 0 Å². The Morgan fingerprint density at radius 1 is 0.170 bits per heavy atom. The van der Waals surface area contributed by atoms with Crippen molar-refractivity contribution in [2.75, 3.05) is 0 Å². The highest BCUT2D eigenvalue weighted by Gasteiger charge is 2.15. The van der Waals surface area contributed by atoms with Crippen LogP contribution in [-0.2, 0) is 0 Å². The third-order valence-electron chi connectivity index (χ3n) is 19.3. The van der Waals surface area contributed by atoms with Crippen molar-refractivity contribution in [1.29, 1.82) is 0 Å². The molecule has 0 fully saturated rings. The zero-order chi connectivity index (χ0) is 66.0. The van der Waals surface area contributed by atoms with Crippen molar-refractivity contribution in [2.45, 2.75) is 0 Å². The van der Waals surface area contributed by atoms with Crippen LogP contribution in [0, 0.1) is 0 Å². The van der Waals surface area contributed by atoms with Crippen molar-refractivity contribution < 1.29 is 0 Å². The van der Waals surface area contributed by atoms with E-state index in [1.54, 1.807) is 0 Å². The van der Waals surface area contributed by atoms with Crippen LogP contribution in [0.5, 0.6) is 0 Å². The Morgan fingerprint density at radius 3 is 1.18 bits per heavy atom. The molecule has 0 unspecified atom stereocenters. The molecule has 0 bridgehead atoms. The zero-order valence-corrected chi connectivity index (χ0v) is 53.8. The average molecular weight is 1270 g/mol. The van der Waals surface area contributed by atoms with Gasteiger partial charge in [0.15, 0.2) is 0 Å². The molecule has 0 radical (unpaired) electrons. The van der Waals surface area contributed by atoms with Crippen LogP contribution >= 0.6 is 0 Å². The summed E-state index contributed by atoms with van der Waals surface area (Å²) in [6.45, 7) is 0. The number of pyridine rings is 9. The smallest absolute Gasteiger partial charge is 0.0970 e. The lowest BCUT2D eigenvalue weighted by atomic mass is 9.95. The van der Waals surface area contributed by atoms with Crippen molar-refractivity contribution in [3.8, 4) is 89.4 Å². The average Bonchev–Trinajstić information content (AvgIpc) is 0.784. The van der Waals surface area contributed by atoms with Gasteiger partial charge < -0.3 is 0 Å². The summed E-state index contributed by atoms with van der Waals surface area (Å²) in [5.41, 5.74) is 25.8. The number of fused-ring (bicyclic) bond motifs is 12. The van der Waals surface area contributed by atoms with Gasteiger partial charge in [0, 0.05) is 108 Å². The second-order valence-corrected chi connectivity index (χ2v) is 25.4. The van der Waals surface area contributed by atoms with Gasteiger partial charge in [0.05, 0.1) is 66.7 Å². The number of para-hydroxylation sites is 2. The van der Waals surface area contributed by atoms with E-state index in [9.17, 15) is 0 Å². The number of aromatic nitrogens is 9. The third kappa shape index (κ3) is 10.7. The van der Waals surface area contributed by atoms with Gasteiger partial charge >= 0.3 is 0 Å². The molecule has 9 heterocycles. The number of rotatable bonds is 8. The summed E-state index contributed by atoms with van der Waals surface area (Å²) in [7, 11) is 0. The molecule has 0 amide bonds. The van der Waals surface area contributed by atoms with Crippen LogP contribution in [0.25, 0.3) is 198 Å². The lowest BCUT2D eigenvalue weighted by molar-refractivity contribution is 1.35. The van der Waals surface area contributed by atoms with Crippen molar-refractivity contribution in [3.05, 3.63) is 334 Å². The molecule has 9 nitrogen and oxygen atoms in total. The van der Waals surface area contributed by atoms with Gasteiger partial charge in [-0.3, -0.25) is 29.9 Å². The van der Waals surface area contributed by atoms with E-state index in [1.807, 2.05) is 85.7 Å². The van der Waals surface area contributed by atoms with Crippen LogP contribution in [0.4, 0.5) is 0 Å². The van der Waals surface area contributed by atoms with Crippen LogP contribution in [-0.4, -0.2) is 44.9 Å². The minimum Gasteiger partial charge on any atom is -0.256 e. The van der Waals surface area contributed by atoms with Crippen molar-refractivity contribution >= 4 is 109 Å². The number of hydrogen-bond acceptors (Lipinski definition) is 9. The normalized spacial score (nSPS) is 11.6. The van der Waals surface area contributed by atoms with E-state index in [0.29, 0.717) is 0 Å². The van der Waals surface area contributed by atoms with Gasteiger partial charge in [0.2, 0.25) is 0 Å². The van der Waals surface area contributed by atoms with Gasteiger partial charge in [-0.05, 0) is 164 Å². The van der Waals surface area contributed by atoms with E-state index < -0.39 is 0 Å². The molecule has 11 aromatic carbocycles. The van der Waals surface area contributed by atoms with Crippen molar-refractivity contribution in [1.82, 2.24) is 44.9 Å². The highest BCUT2D eigenvalue weighted by Crippen LogP contribution is 2.38. The second-order valence-electron chi connectivity index (χ2n) is 25.4. The summed E-state index contributed by atoms with van der Waals surface area (Å²) in [6.07, 6.45) is 11.2. The lowest BCUT2D eigenvalue weighted by Gasteiger charge is -2.11. The summed E-state index contributed by atoms with van der Waals surface area (Å²) >= 11 is 0. The van der Waals surface area contributed by atoms with Crippen LogP contribution in [0.3, 0.4) is 0 Å². The number of hydrogen-bond donors (Lipinski definition) is 0. The molecule has 464 valence electrons. The Balaban J connectivity index is 0.000000139. The number of nitrogens with zero attached hydrogens (tertiary/aromatic N) is 9. The molecular weight excluding hydrogens is 1220 g/mol. The molecule has 0 N–H and O–H groups in total. The van der Waals surface area contributed by atoms with Crippen molar-refractivity contribution in [2.24, 2.45) is 0 Å².